The van der Waals surface area contributed by atoms with Gasteiger partial charge in [-0.05, 0) is 11.3 Å². The van der Waals surface area contributed by atoms with Gasteiger partial charge in [0.25, 0.3) is 0 Å². The van der Waals surface area contributed by atoms with Crippen LogP contribution in [0.4, 0.5) is 0 Å². The standard InChI is InChI=1S/C10H20N2S/c1-8-5-11-9(13-6-8)12-7-10(2,3)4/h8H,5-7H2,1-4H3,(H,11,12). The van der Waals surface area contributed by atoms with Crippen LogP contribution < -0.4 is 5.32 Å². The Kier molecular flexibility index (Phi) is 3.65. The maximum absolute atomic E-state index is 4.48. The molecular formula is C10H20N2S. The number of rotatable bonds is 1. The Bertz CT molecular complexity index is 194. The molecule has 0 radical (unpaired) electrons. The van der Waals surface area contributed by atoms with Crippen molar-refractivity contribution in [2.45, 2.75) is 27.7 Å². The molecule has 0 spiro atoms. The summed E-state index contributed by atoms with van der Waals surface area (Å²) in [7, 11) is 0. The molecule has 1 aliphatic heterocycles. The van der Waals surface area contributed by atoms with E-state index in [0.717, 1.165) is 24.2 Å². The molecule has 1 heterocycles. The van der Waals surface area contributed by atoms with Gasteiger partial charge in [0, 0.05) is 18.8 Å². The fourth-order valence-corrected chi connectivity index (χ4v) is 1.89. The van der Waals surface area contributed by atoms with Gasteiger partial charge in [0.05, 0.1) is 0 Å². The Morgan fingerprint density at radius 3 is 2.69 bits per heavy atom. The van der Waals surface area contributed by atoms with E-state index in [1.165, 1.54) is 5.75 Å². The van der Waals surface area contributed by atoms with Crippen LogP contribution in [0.5, 0.6) is 0 Å². The maximum atomic E-state index is 4.48. The van der Waals surface area contributed by atoms with Crippen LogP contribution in [0.2, 0.25) is 0 Å². The molecule has 13 heavy (non-hydrogen) atoms. The van der Waals surface area contributed by atoms with Crippen LogP contribution in [0.15, 0.2) is 4.99 Å². The molecule has 1 unspecified atom stereocenters. The van der Waals surface area contributed by atoms with Crippen LogP contribution in [0, 0.1) is 11.3 Å². The summed E-state index contributed by atoms with van der Waals surface area (Å²) in [6.07, 6.45) is 0. The molecule has 1 N–H and O–H groups in total. The van der Waals surface area contributed by atoms with Gasteiger partial charge < -0.3 is 5.32 Å². The fraction of sp³-hybridized carbons (Fsp3) is 0.900. The Labute approximate surface area is 85.6 Å². The maximum Gasteiger partial charge on any atom is 0.156 e. The highest BCUT2D eigenvalue weighted by Gasteiger charge is 2.14. The molecule has 3 heteroatoms. The van der Waals surface area contributed by atoms with Gasteiger partial charge in [-0.15, -0.1) is 0 Å². The number of thioether (sulfide) groups is 1. The van der Waals surface area contributed by atoms with Crippen LogP contribution in [0.1, 0.15) is 27.7 Å². The number of aliphatic imine (C=N–C) groups is 1. The molecule has 76 valence electrons. The molecule has 0 aromatic rings. The first-order chi connectivity index (χ1) is 5.97. The number of nitrogens with zero attached hydrogens (tertiary/aromatic N) is 1. The largest absolute Gasteiger partial charge is 0.364 e. The van der Waals surface area contributed by atoms with Crippen molar-refractivity contribution < 1.29 is 0 Å². The molecule has 0 bridgehead atoms. The summed E-state index contributed by atoms with van der Waals surface area (Å²) < 4.78 is 0. The normalized spacial score (nSPS) is 24.0. The van der Waals surface area contributed by atoms with E-state index in [1.807, 2.05) is 11.8 Å². The van der Waals surface area contributed by atoms with Gasteiger partial charge in [0.2, 0.25) is 0 Å². The van der Waals surface area contributed by atoms with Crippen molar-refractivity contribution in [1.29, 1.82) is 0 Å². The van der Waals surface area contributed by atoms with Crippen molar-refractivity contribution in [3.8, 4) is 0 Å². The van der Waals surface area contributed by atoms with Crippen molar-refractivity contribution >= 4 is 16.9 Å². The van der Waals surface area contributed by atoms with Gasteiger partial charge in [0.15, 0.2) is 5.17 Å². The second kappa shape index (κ2) is 4.36. The third-order valence-corrected chi connectivity index (χ3v) is 3.10. The molecule has 0 fully saturated rings. The second-order valence-electron chi connectivity index (χ2n) is 4.98. The van der Waals surface area contributed by atoms with Crippen LogP contribution in [-0.4, -0.2) is 24.0 Å². The van der Waals surface area contributed by atoms with Crippen molar-refractivity contribution in [3.63, 3.8) is 0 Å². The third-order valence-electron chi connectivity index (χ3n) is 1.82. The van der Waals surface area contributed by atoms with Crippen molar-refractivity contribution in [3.05, 3.63) is 0 Å². The number of hydrogen-bond acceptors (Lipinski definition) is 3. The molecule has 0 aliphatic carbocycles. The first-order valence-electron chi connectivity index (χ1n) is 4.88. The van der Waals surface area contributed by atoms with Crippen LogP contribution in [-0.2, 0) is 0 Å². The summed E-state index contributed by atoms with van der Waals surface area (Å²) >= 11 is 1.85. The van der Waals surface area contributed by atoms with Crippen LogP contribution >= 0.6 is 11.8 Å². The second-order valence-corrected chi connectivity index (χ2v) is 5.98. The van der Waals surface area contributed by atoms with E-state index in [9.17, 15) is 0 Å². The smallest absolute Gasteiger partial charge is 0.156 e. The zero-order chi connectivity index (χ0) is 9.90. The van der Waals surface area contributed by atoms with Crippen molar-refractivity contribution in [1.82, 2.24) is 5.32 Å². The predicted octanol–water partition coefficient (Wildman–Crippen LogP) is 2.36. The highest BCUT2D eigenvalue weighted by molar-refractivity contribution is 8.13. The molecule has 1 rings (SSSR count). The SMILES string of the molecule is CC1CN=C(NCC(C)(C)C)SC1. The molecule has 0 aromatic carbocycles. The molecular weight excluding hydrogens is 180 g/mol. The Balaban J connectivity index is 2.30. The average molecular weight is 200 g/mol. The first-order valence-corrected chi connectivity index (χ1v) is 5.87. The summed E-state index contributed by atoms with van der Waals surface area (Å²) in [5.41, 5.74) is 0.339. The zero-order valence-electron chi connectivity index (χ0n) is 9.05. The van der Waals surface area contributed by atoms with E-state index in [2.05, 4.69) is 38.0 Å². The number of amidine groups is 1. The van der Waals surface area contributed by atoms with Crippen LogP contribution in [0.3, 0.4) is 0 Å². The van der Waals surface area contributed by atoms with Gasteiger partial charge in [-0.2, -0.15) is 0 Å². The predicted molar refractivity (Wildman–Crippen MR) is 61.4 cm³/mol. The lowest BCUT2D eigenvalue weighted by Gasteiger charge is -2.23. The molecule has 0 saturated carbocycles. The Morgan fingerprint density at radius 2 is 2.23 bits per heavy atom. The number of nitrogens with one attached hydrogen (secondary N) is 1. The topological polar surface area (TPSA) is 24.4 Å². The molecule has 1 atom stereocenters. The van der Waals surface area contributed by atoms with E-state index in [-0.39, 0.29) is 0 Å². The summed E-state index contributed by atoms with van der Waals surface area (Å²) in [5.74, 6) is 1.95. The monoisotopic (exact) mass is 200 g/mol. The lowest BCUT2D eigenvalue weighted by atomic mass is 9.97. The van der Waals surface area contributed by atoms with Gasteiger partial charge in [-0.3, -0.25) is 4.99 Å². The summed E-state index contributed by atoms with van der Waals surface area (Å²) in [6.45, 7) is 10.9. The van der Waals surface area contributed by atoms with Crippen molar-refractivity contribution in [2.75, 3.05) is 18.8 Å². The summed E-state index contributed by atoms with van der Waals surface area (Å²) in [4.78, 5) is 4.48. The highest BCUT2D eigenvalue weighted by atomic mass is 32.2. The Hall–Kier alpha value is -0.180. The van der Waals surface area contributed by atoms with E-state index >= 15 is 0 Å². The molecule has 2 nitrogen and oxygen atoms in total. The quantitative estimate of drug-likeness (QED) is 0.702. The summed E-state index contributed by atoms with van der Waals surface area (Å²) in [5, 5.41) is 4.53. The fourth-order valence-electron chi connectivity index (χ4n) is 1.01. The molecule has 0 aromatic heterocycles. The Morgan fingerprint density at radius 1 is 1.54 bits per heavy atom. The van der Waals surface area contributed by atoms with Crippen molar-refractivity contribution in [2.24, 2.45) is 16.3 Å². The summed E-state index contributed by atoms with van der Waals surface area (Å²) in [6, 6.07) is 0. The van der Waals surface area contributed by atoms with Gasteiger partial charge in [-0.25, -0.2) is 0 Å². The van der Waals surface area contributed by atoms with Gasteiger partial charge >= 0.3 is 0 Å². The minimum absolute atomic E-state index is 0.339. The zero-order valence-corrected chi connectivity index (χ0v) is 9.87. The minimum Gasteiger partial charge on any atom is -0.364 e. The van der Waals surface area contributed by atoms with Crippen LogP contribution in [0.25, 0.3) is 0 Å². The lowest BCUT2D eigenvalue weighted by molar-refractivity contribution is 0.409. The average Bonchev–Trinajstić information content (AvgIpc) is 2.02. The third kappa shape index (κ3) is 4.55. The molecule has 1 aliphatic rings. The minimum atomic E-state index is 0.339. The lowest BCUT2D eigenvalue weighted by Crippen LogP contribution is -2.33. The molecule has 0 amide bonds. The molecule has 0 saturated heterocycles. The van der Waals surface area contributed by atoms with Gasteiger partial charge in [0.1, 0.15) is 0 Å². The van der Waals surface area contributed by atoms with E-state index in [0.29, 0.717) is 5.41 Å². The highest BCUT2D eigenvalue weighted by Crippen LogP contribution is 2.17. The van der Waals surface area contributed by atoms with E-state index in [1.54, 1.807) is 0 Å². The van der Waals surface area contributed by atoms with E-state index < -0.39 is 0 Å². The van der Waals surface area contributed by atoms with E-state index in [4.69, 9.17) is 0 Å². The number of hydrogen-bond donors (Lipinski definition) is 1. The van der Waals surface area contributed by atoms with Gasteiger partial charge in [-0.1, -0.05) is 39.5 Å². The first kappa shape index (κ1) is 10.9.